The molecule has 1 N–H and O–H groups in total. The standard InChI is InChI=1S/C16H24N2O4S/c1-16(2,3)22-15(21)18-8-5-7-17(9-10-18)13(14(19)20)12-6-4-11-23-12/h4,6,11,13H,5,7-10H2,1-3H3,(H,19,20). The van der Waals surface area contributed by atoms with Gasteiger partial charge in [-0.05, 0) is 38.6 Å². The van der Waals surface area contributed by atoms with Crippen LogP contribution < -0.4 is 0 Å². The van der Waals surface area contributed by atoms with E-state index < -0.39 is 17.6 Å². The van der Waals surface area contributed by atoms with Gasteiger partial charge >= 0.3 is 12.1 Å². The summed E-state index contributed by atoms with van der Waals surface area (Å²) in [7, 11) is 0. The van der Waals surface area contributed by atoms with E-state index in [2.05, 4.69) is 0 Å². The van der Waals surface area contributed by atoms with Crippen LogP contribution in [0.2, 0.25) is 0 Å². The molecule has 2 heterocycles. The predicted molar refractivity (Wildman–Crippen MR) is 88.7 cm³/mol. The molecule has 128 valence electrons. The number of carbonyl (C=O) groups is 2. The largest absolute Gasteiger partial charge is 0.480 e. The summed E-state index contributed by atoms with van der Waals surface area (Å²) in [5.41, 5.74) is -0.524. The summed E-state index contributed by atoms with van der Waals surface area (Å²) in [6, 6.07) is 3.06. The number of amides is 1. The molecule has 1 aromatic heterocycles. The van der Waals surface area contributed by atoms with Crippen LogP contribution >= 0.6 is 11.3 Å². The van der Waals surface area contributed by atoms with Crippen molar-refractivity contribution in [2.75, 3.05) is 26.2 Å². The fourth-order valence-electron chi connectivity index (χ4n) is 2.61. The highest BCUT2D eigenvalue weighted by molar-refractivity contribution is 7.10. The van der Waals surface area contributed by atoms with Crippen LogP contribution in [0.5, 0.6) is 0 Å². The second kappa shape index (κ2) is 7.31. The second-order valence-corrected chi connectivity index (χ2v) is 7.59. The van der Waals surface area contributed by atoms with Crippen molar-refractivity contribution in [1.29, 1.82) is 0 Å². The number of ether oxygens (including phenoxy) is 1. The van der Waals surface area contributed by atoms with Crippen molar-refractivity contribution in [2.45, 2.75) is 38.8 Å². The Morgan fingerprint density at radius 2 is 2.00 bits per heavy atom. The SMILES string of the molecule is CC(C)(C)OC(=O)N1CCCN(C(C(=O)O)c2cccs2)CC1. The lowest BCUT2D eigenvalue weighted by Gasteiger charge is -2.28. The zero-order chi connectivity index (χ0) is 17.0. The zero-order valence-electron chi connectivity index (χ0n) is 13.8. The van der Waals surface area contributed by atoms with Crippen molar-refractivity contribution < 1.29 is 19.4 Å². The molecule has 1 amide bonds. The Hall–Kier alpha value is -1.60. The van der Waals surface area contributed by atoms with Crippen LogP contribution in [0, 0.1) is 0 Å². The minimum atomic E-state index is -0.849. The molecule has 23 heavy (non-hydrogen) atoms. The lowest BCUT2D eigenvalue weighted by molar-refractivity contribution is -0.143. The Labute approximate surface area is 140 Å². The number of hydrogen-bond donors (Lipinski definition) is 1. The van der Waals surface area contributed by atoms with E-state index in [-0.39, 0.29) is 6.09 Å². The van der Waals surface area contributed by atoms with Crippen molar-refractivity contribution in [1.82, 2.24) is 9.80 Å². The van der Waals surface area contributed by atoms with Crippen molar-refractivity contribution in [3.63, 3.8) is 0 Å². The number of carboxylic acid groups (broad SMARTS) is 1. The lowest BCUT2D eigenvalue weighted by Crippen LogP contribution is -2.40. The van der Waals surface area contributed by atoms with Gasteiger partial charge in [0.25, 0.3) is 0 Å². The molecule has 7 heteroatoms. The summed E-state index contributed by atoms with van der Waals surface area (Å²) in [5, 5.41) is 11.5. The second-order valence-electron chi connectivity index (χ2n) is 6.61. The third kappa shape index (κ3) is 4.94. The highest BCUT2D eigenvalue weighted by atomic mass is 32.1. The van der Waals surface area contributed by atoms with Gasteiger partial charge in [0.05, 0.1) is 0 Å². The van der Waals surface area contributed by atoms with E-state index >= 15 is 0 Å². The Bertz CT molecular complexity index is 539. The highest BCUT2D eigenvalue weighted by Crippen LogP contribution is 2.26. The first kappa shape index (κ1) is 17.7. The number of thiophene rings is 1. The van der Waals surface area contributed by atoms with Gasteiger partial charge in [-0.25, -0.2) is 4.79 Å². The third-order valence-corrected chi connectivity index (χ3v) is 4.52. The Morgan fingerprint density at radius 1 is 1.26 bits per heavy atom. The monoisotopic (exact) mass is 340 g/mol. The molecule has 0 aromatic carbocycles. The normalized spacial score (nSPS) is 18.3. The van der Waals surface area contributed by atoms with Crippen LogP contribution in [0.25, 0.3) is 0 Å². The maximum atomic E-state index is 12.2. The molecule has 0 radical (unpaired) electrons. The number of nitrogens with zero attached hydrogens (tertiary/aromatic N) is 2. The summed E-state index contributed by atoms with van der Waals surface area (Å²) in [5.74, 6) is -0.849. The van der Waals surface area contributed by atoms with Gasteiger partial charge in [0.1, 0.15) is 11.6 Å². The van der Waals surface area contributed by atoms with Gasteiger partial charge in [0.2, 0.25) is 0 Å². The van der Waals surface area contributed by atoms with E-state index in [0.717, 1.165) is 11.3 Å². The number of carboxylic acids is 1. The fraction of sp³-hybridized carbons (Fsp3) is 0.625. The zero-order valence-corrected chi connectivity index (χ0v) is 14.6. The number of rotatable bonds is 3. The van der Waals surface area contributed by atoms with Gasteiger partial charge in [-0.15, -0.1) is 11.3 Å². The van der Waals surface area contributed by atoms with Crippen molar-refractivity contribution >= 4 is 23.4 Å². The van der Waals surface area contributed by atoms with Gasteiger partial charge in [-0.3, -0.25) is 9.69 Å². The topological polar surface area (TPSA) is 70.1 Å². The molecule has 0 saturated carbocycles. The lowest BCUT2D eigenvalue weighted by atomic mass is 10.2. The maximum Gasteiger partial charge on any atom is 0.410 e. The first-order valence-electron chi connectivity index (χ1n) is 7.76. The van der Waals surface area contributed by atoms with Crippen molar-refractivity contribution in [2.24, 2.45) is 0 Å². The van der Waals surface area contributed by atoms with E-state index in [1.54, 1.807) is 4.90 Å². The van der Waals surface area contributed by atoms with E-state index in [9.17, 15) is 14.7 Å². The van der Waals surface area contributed by atoms with Crippen LogP contribution in [0.4, 0.5) is 4.79 Å². The molecule has 1 atom stereocenters. The number of hydrogen-bond acceptors (Lipinski definition) is 5. The summed E-state index contributed by atoms with van der Waals surface area (Å²) >= 11 is 1.45. The molecule has 1 fully saturated rings. The molecule has 1 aromatic rings. The molecule has 2 rings (SSSR count). The number of aliphatic carboxylic acids is 1. The van der Waals surface area contributed by atoms with E-state index in [0.29, 0.717) is 26.2 Å². The Kier molecular flexibility index (Phi) is 5.64. The van der Waals surface area contributed by atoms with E-state index in [1.165, 1.54) is 11.3 Å². The van der Waals surface area contributed by atoms with Gasteiger partial charge in [0.15, 0.2) is 0 Å². The molecule has 1 unspecified atom stereocenters. The highest BCUT2D eigenvalue weighted by Gasteiger charge is 2.31. The van der Waals surface area contributed by atoms with E-state index in [1.807, 2.05) is 43.2 Å². The van der Waals surface area contributed by atoms with Crippen LogP contribution in [0.3, 0.4) is 0 Å². The molecular formula is C16H24N2O4S. The van der Waals surface area contributed by atoms with Gasteiger partial charge in [-0.1, -0.05) is 6.07 Å². The smallest absolute Gasteiger partial charge is 0.410 e. The summed E-state index contributed by atoms with van der Waals surface area (Å²) in [6.07, 6.45) is 0.399. The van der Waals surface area contributed by atoms with Gasteiger partial charge in [-0.2, -0.15) is 0 Å². The van der Waals surface area contributed by atoms with Crippen molar-refractivity contribution in [3.8, 4) is 0 Å². The molecule has 1 aliphatic heterocycles. The molecule has 6 nitrogen and oxygen atoms in total. The number of carbonyl (C=O) groups excluding carboxylic acids is 1. The average Bonchev–Trinajstić information content (AvgIpc) is 2.81. The average molecular weight is 340 g/mol. The van der Waals surface area contributed by atoms with Crippen LogP contribution in [0.15, 0.2) is 17.5 Å². The molecule has 1 saturated heterocycles. The predicted octanol–water partition coefficient (Wildman–Crippen LogP) is 2.82. The van der Waals surface area contributed by atoms with Gasteiger partial charge < -0.3 is 14.7 Å². The Balaban J connectivity index is 2.02. The van der Waals surface area contributed by atoms with Crippen LogP contribution in [-0.4, -0.2) is 58.7 Å². The van der Waals surface area contributed by atoms with Crippen LogP contribution in [0.1, 0.15) is 38.1 Å². The summed E-state index contributed by atoms with van der Waals surface area (Å²) in [4.78, 5) is 28.3. The minimum Gasteiger partial charge on any atom is -0.480 e. The molecular weight excluding hydrogens is 316 g/mol. The summed E-state index contributed by atoms with van der Waals surface area (Å²) < 4.78 is 5.40. The molecule has 0 spiro atoms. The van der Waals surface area contributed by atoms with Gasteiger partial charge in [0, 0.05) is 31.1 Å². The third-order valence-electron chi connectivity index (χ3n) is 3.59. The fourth-order valence-corrected chi connectivity index (χ4v) is 3.46. The van der Waals surface area contributed by atoms with E-state index in [4.69, 9.17) is 4.74 Å². The first-order valence-corrected chi connectivity index (χ1v) is 8.64. The quantitative estimate of drug-likeness (QED) is 0.916. The summed E-state index contributed by atoms with van der Waals surface area (Å²) in [6.45, 7) is 7.75. The van der Waals surface area contributed by atoms with Crippen LogP contribution in [-0.2, 0) is 9.53 Å². The molecule has 0 bridgehead atoms. The minimum absolute atomic E-state index is 0.331. The molecule has 0 aliphatic carbocycles. The Morgan fingerprint density at radius 3 is 2.57 bits per heavy atom. The first-order chi connectivity index (χ1) is 10.8. The maximum absolute atomic E-state index is 12.2. The van der Waals surface area contributed by atoms with Crippen molar-refractivity contribution in [3.05, 3.63) is 22.4 Å². The molecule has 1 aliphatic rings.